The number of phosphoric ester groups is 1. The topological polar surface area (TPSA) is 105 Å². The third-order valence-corrected chi connectivity index (χ3v) is 12.8. The molecule has 0 bridgehead atoms. The molecule has 0 aromatic rings. The second kappa shape index (κ2) is 41.8. The predicted molar refractivity (Wildman–Crippen MR) is 249 cm³/mol. The van der Waals surface area contributed by atoms with Crippen LogP contribution in [-0.2, 0) is 18.4 Å². The molecule has 9 heteroatoms. The number of hydrogen-bond donors (Lipinski definition) is 3. The Morgan fingerprint density at radius 3 is 1.16 bits per heavy atom. The minimum atomic E-state index is -4.30. The monoisotopic (exact) mass is 846 g/mol. The summed E-state index contributed by atoms with van der Waals surface area (Å²) < 4.78 is 23.6. The van der Waals surface area contributed by atoms with Gasteiger partial charge in [0.05, 0.1) is 39.9 Å². The van der Waals surface area contributed by atoms with Gasteiger partial charge < -0.3 is 19.8 Å². The number of unbranched alkanes of at least 4 members (excludes halogenated alkanes) is 34. The number of aliphatic hydroxyl groups excluding tert-OH is 1. The van der Waals surface area contributed by atoms with Crippen LogP contribution in [0.2, 0.25) is 0 Å². The van der Waals surface area contributed by atoms with Crippen molar-refractivity contribution < 1.29 is 32.9 Å². The summed E-state index contributed by atoms with van der Waals surface area (Å²) in [5, 5.41) is 13.9. The third kappa shape index (κ3) is 43.6. The molecular formula is C49H102N2O6P+. The van der Waals surface area contributed by atoms with Crippen molar-refractivity contribution in [2.24, 2.45) is 0 Å². The number of carbonyl (C=O) groups is 1. The highest BCUT2D eigenvalue weighted by molar-refractivity contribution is 7.47. The number of hydrogen-bond acceptors (Lipinski definition) is 5. The van der Waals surface area contributed by atoms with Gasteiger partial charge in [0.1, 0.15) is 13.2 Å². The van der Waals surface area contributed by atoms with Crippen LogP contribution in [0.1, 0.15) is 258 Å². The highest BCUT2D eigenvalue weighted by atomic mass is 31.2. The number of likely N-dealkylation sites (N-methyl/N-ethyl adjacent to an activating group) is 1. The fraction of sp³-hybridized carbons (Fsp3) is 0.980. The summed E-state index contributed by atoms with van der Waals surface area (Å²) in [4.78, 5) is 23.1. The Bertz CT molecular complexity index is 916. The Labute approximate surface area is 361 Å². The molecule has 3 atom stereocenters. The largest absolute Gasteiger partial charge is 0.472 e. The van der Waals surface area contributed by atoms with E-state index in [4.69, 9.17) is 9.05 Å². The molecule has 0 spiro atoms. The zero-order valence-electron chi connectivity index (χ0n) is 39.6. The van der Waals surface area contributed by atoms with E-state index in [1.54, 1.807) is 0 Å². The molecule has 0 fully saturated rings. The van der Waals surface area contributed by atoms with Crippen LogP contribution < -0.4 is 5.32 Å². The smallest absolute Gasteiger partial charge is 0.391 e. The van der Waals surface area contributed by atoms with Crippen molar-refractivity contribution >= 4 is 13.7 Å². The Kier molecular flexibility index (Phi) is 41.5. The Balaban J connectivity index is 3.98. The molecule has 3 N–H and O–H groups in total. The first-order valence-corrected chi connectivity index (χ1v) is 26.9. The highest BCUT2D eigenvalue weighted by Gasteiger charge is 2.28. The number of nitrogens with one attached hydrogen (secondary N) is 1. The molecule has 8 nitrogen and oxygen atoms in total. The molecule has 0 radical (unpaired) electrons. The van der Waals surface area contributed by atoms with Gasteiger partial charge in [-0.1, -0.05) is 239 Å². The Morgan fingerprint density at radius 2 is 0.828 bits per heavy atom. The van der Waals surface area contributed by atoms with Crippen LogP contribution in [0.4, 0.5) is 0 Å². The quantitative estimate of drug-likeness (QED) is 0.0320. The van der Waals surface area contributed by atoms with E-state index < -0.39 is 20.0 Å². The van der Waals surface area contributed by atoms with Crippen molar-refractivity contribution in [3.63, 3.8) is 0 Å². The molecule has 0 aromatic heterocycles. The number of quaternary nitrogens is 1. The van der Waals surface area contributed by atoms with E-state index in [0.717, 1.165) is 38.5 Å². The summed E-state index contributed by atoms with van der Waals surface area (Å²) in [7, 11) is 1.63. The maximum atomic E-state index is 12.9. The van der Waals surface area contributed by atoms with Crippen LogP contribution >= 0.6 is 7.82 Å². The van der Waals surface area contributed by atoms with Crippen LogP contribution in [0, 0.1) is 0 Å². The van der Waals surface area contributed by atoms with Gasteiger partial charge >= 0.3 is 7.82 Å². The van der Waals surface area contributed by atoms with E-state index in [-0.39, 0.29) is 19.1 Å². The highest BCUT2D eigenvalue weighted by Crippen LogP contribution is 2.43. The van der Waals surface area contributed by atoms with Gasteiger partial charge in [-0.15, -0.1) is 0 Å². The average Bonchev–Trinajstić information content (AvgIpc) is 3.17. The summed E-state index contributed by atoms with van der Waals surface area (Å²) in [6, 6.07) is -0.752. The second-order valence-electron chi connectivity index (χ2n) is 18.9. The van der Waals surface area contributed by atoms with Gasteiger partial charge in [-0.25, -0.2) is 4.57 Å². The van der Waals surface area contributed by atoms with E-state index >= 15 is 0 Å². The van der Waals surface area contributed by atoms with Crippen molar-refractivity contribution in [1.29, 1.82) is 0 Å². The molecule has 1 unspecified atom stereocenters. The molecule has 0 saturated heterocycles. The normalized spacial score (nSPS) is 14.1. The SMILES string of the molecule is CCCCCCCCCCCCCCCCCCCCCCCCCCCCCC(=O)N[C@@H](COP(=O)(O)OCC[N+](C)(C)C)[C@H](O)CCCCCCCCCCC. The molecule has 1 amide bonds. The second-order valence-corrected chi connectivity index (χ2v) is 20.4. The van der Waals surface area contributed by atoms with Crippen molar-refractivity contribution in [3.8, 4) is 0 Å². The summed E-state index contributed by atoms with van der Waals surface area (Å²) in [6.45, 7) is 4.89. The Morgan fingerprint density at radius 1 is 0.517 bits per heavy atom. The first kappa shape index (κ1) is 57.5. The van der Waals surface area contributed by atoms with E-state index in [1.807, 2.05) is 21.1 Å². The molecule has 348 valence electrons. The number of amides is 1. The van der Waals surface area contributed by atoms with Gasteiger partial charge in [-0.05, 0) is 12.8 Å². The molecule has 0 aliphatic rings. The van der Waals surface area contributed by atoms with Crippen LogP contribution in [0.25, 0.3) is 0 Å². The maximum Gasteiger partial charge on any atom is 0.472 e. The van der Waals surface area contributed by atoms with E-state index in [0.29, 0.717) is 23.9 Å². The summed E-state index contributed by atoms with van der Waals surface area (Å²) in [6.07, 6.45) is 47.4. The van der Waals surface area contributed by atoms with Crippen molar-refractivity contribution in [2.75, 3.05) is 40.9 Å². The Hall–Kier alpha value is -0.500. The van der Waals surface area contributed by atoms with Crippen LogP contribution in [0.15, 0.2) is 0 Å². The summed E-state index contributed by atoms with van der Waals surface area (Å²) in [5.41, 5.74) is 0. The number of aliphatic hydroxyl groups is 1. The lowest BCUT2D eigenvalue weighted by Crippen LogP contribution is -2.46. The first-order chi connectivity index (χ1) is 28.0. The first-order valence-electron chi connectivity index (χ1n) is 25.4. The van der Waals surface area contributed by atoms with Gasteiger partial charge in [0, 0.05) is 6.42 Å². The number of rotatable bonds is 47. The van der Waals surface area contributed by atoms with Crippen LogP contribution in [0.5, 0.6) is 0 Å². The van der Waals surface area contributed by atoms with Crippen molar-refractivity contribution in [3.05, 3.63) is 0 Å². The minimum absolute atomic E-state index is 0.0783. The fourth-order valence-corrected chi connectivity index (χ4v) is 8.55. The van der Waals surface area contributed by atoms with Gasteiger partial charge in [-0.2, -0.15) is 0 Å². The predicted octanol–water partition coefficient (Wildman–Crippen LogP) is 14.5. The molecule has 0 aromatic carbocycles. The summed E-state index contributed by atoms with van der Waals surface area (Å²) >= 11 is 0. The van der Waals surface area contributed by atoms with Crippen LogP contribution in [0.3, 0.4) is 0 Å². The molecule has 0 heterocycles. The zero-order chi connectivity index (χ0) is 42.8. The lowest BCUT2D eigenvalue weighted by Gasteiger charge is -2.26. The van der Waals surface area contributed by atoms with Gasteiger partial charge in [0.25, 0.3) is 0 Å². The van der Waals surface area contributed by atoms with E-state index in [2.05, 4.69) is 19.2 Å². The van der Waals surface area contributed by atoms with Gasteiger partial charge in [-0.3, -0.25) is 13.8 Å². The van der Waals surface area contributed by atoms with E-state index in [9.17, 15) is 19.4 Å². The third-order valence-electron chi connectivity index (χ3n) is 11.9. The molecule has 0 rings (SSSR count). The van der Waals surface area contributed by atoms with Gasteiger partial charge in [0.15, 0.2) is 0 Å². The fourth-order valence-electron chi connectivity index (χ4n) is 7.81. The van der Waals surface area contributed by atoms with E-state index in [1.165, 1.54) is 193 Å². The molecule has 58 heavy (non-hydrogen) atoms. The molecular weight excluding hydrogens is 744 g/mol. The van der Waals surface area contributed by atoms with Crippen LogP contribution in [-0.4, -0.2) is 73.4 Å². The molecule has 0 aliphatic heterocycles. The maximum absolute atomic E-state index is 12.9. The average molecular weight is 846 g/mol. The standard InChI is InChI=1S/C49H101N2O6P/c1-6-8-10-12-14-16-17-18-19-20-21-22-23-24-25-26-27-28-29-30-31-32-33-35-37-39-41-43-49(53)50-47(46-57-58(54,55)56-45-44-51(3,4)5)48(52)42-40-38-36-34-15-13-11-9-7-2/h47-48,52H,6-46H2,1-5H3,(H-,50,53,54,55)/p+1/t47-,48+/m0/s1. The number of nitrogens with zero attached hydrogens (tertiary/aromatic N) is 1. The van der Waals surface area contributed by atoms with Crippen molar-refractivity contribution in [2.45, 2.75) is 270 Å². The minimum Gasteiger partial charge on any atom is -0.391 e. The molecule has 0 saturated carbocycles. The zero-order valence-corrected chi connectivity index (χ0v) is 40.5. The molecule has 0 aliphatic carbocycles. The number of phosphoric acid groups is 1. The lowest BCUT2D eigenvalue weighted by atomic mass is 10.0. The van der Waals surface area contributed by atoms with Gasteiger partial charge in [0.2, 0.25) is 5.91 Å². The van der Waals surface area contributed by atoms with Crippen molar-refractivity contribution in [1.82, 2.24) is 5.32 Å². The number of carbonyl (C=O) groups excluding carboxylic acids is 1. The summed E-state index contributed by atoms with van der Waals surface area (Å²) in [5.74, 6) is -0.141. The lowest BCUT2D eigenvalue weighted by molar-refractivity contribution is -0.870.